The number of nitrogens with zero attached hydrogens (tertiary/aromatic N) is 3. The highest BCUT2D eigenvalue weighted by Crippen LogP contribution is 2.45. The van der Waals surface area contributed by atoms with Crippen molar-refractivity contribution < 1.29 is 4.57 Å². The van der Waals surface area contributed by atoms with Gasteiger partial charge < -0.3 is 4.57 Å². The number of benzene rings is 4. The van der Waals surface area contributed by atoms with Crippen molar-refractivity contribution in [3.63, 3.8) is 0 Å². The molecule has 0 atom stereocenters. The van der Waals surface area contributed by atoms with E-state index >= 15 is 0 Å². The Kier molecular flexibility index (Phi) is 5.39. The number of aromatic nitrogens is 2. The van der Waals surface area contributed by atoms with E-state index in [0.717, 1.165) is 33.2 Å². The van der Waals surface area contributed by atoms with Crippen molar-refractivity contribution >= 4 is 27.5 Å². The third-order valence-electron chi connectivity index (χ3n) is 7.32. The predicted octanol–water partition coefficient (Wildman–Crippen LogP) is 8.42. The smallest absolute Gasteiger partial charge is 0.214 e. The lowest BCUT2D eigenvalue weighted by atomic mass is 9.97. The van der Waals surface area contributed by atoms with Crippen LogP contribution < -0.4 is 4.57 Å². The van der Waals surface area contributed by atoms with E-state index in [9.17, 15) is 0 Å². The Labute approximate surface area is 217 Å². The van der Waals surface area contributed by atoms with Gasteiger partial charge in [0.2, 0.25) is 5.69 Å². The zero-order valence-corrected chi connectivity index (χ0v) is 21.6. The predicted molar refractivity (Wildman–Crippen MR) is 153 cm³/mol. The van der Waals surface area contributed by atoms with Gasteiger partial charge >= 0.3 is 0 Å². The molecule has 0 spiro atoms. The van der Waals surface area contributed by atoms with Gasteiger partial charge in [0.15, 0.2) is 11.9 Å². The van der Waals surface area contributed by atoms with Crippen LogP contribution in [0.3, 0.4) is 0 Å². The van der Waals surface area contributed by atoms with Gasteiger partial charge in [-0.3, -0.25) is 0 Å². The SMILES string of the molecule is [C-]#[N+]c1ccc2c3ccc(C)c(-c4cc(C)cc[n+]4C)c3n(-c3ccccc3)c2c1-c1ccc(C)cc1. The first-order valence-electron chi connectivity index (χ1n) is 12.5. The molecular formula is C34H28N3+. The number of hydrogen-bond donors (Lipinski definition) is 0. The first-order chi connectivity index (χ1) is 18.0. The highest BCUT2D eigenvalue weighted by molar-refractivity contribution is 6.19. The summed E-state index contributed by atoms with van der Waals surface area (Å²) in [5, 5.41) is 2.34. The van der Waals surface area contributed by atoms with Gasteiger partial charge in [0.05, 0.1) is 23.2 Å². The molecule has 6 aromatic rings. The van der Waals surface area contributed by atoms with Crippen LogP contribution in [0.1, 0.15) is 16.7 Å². The van der Waals surface area contributed by atoms with Crippen LogP contribution in [0.4, 0.5) is 5.69 Å². The summed E-state index contributed by atoms with van der Waals surface area (Å²) in [4.78, 5) is 3.98. The Morgan fingerprint density at radius 3 is 2.08 bits per heavy atom. The fourth-order valence-electron chi connectivity index (χ4n) is 5.46. The minimum Gasteiger partial charge on any atom is -0.309 e. The molecule has 6 rings (SSSR count). The lowest BCUT2D eigenvalue weighted by Crippen LogP contribution is -2.30. The molecule has 0 saturated heterocycles. The van der Waals surface area contributed by atoms with Crippen LogP contribution in [0.15, 0.2) is 97.2 Å². The molecule has 0 radical (unpaired) electrons. The summed E-state index contributed by atoms with van der Waals surface area (Å²) < 4.78 is 4.58. The maximum atomic E-state index is 8.04. The molecule has 37 heavy (non-hydrogen) atoms. The van der Waals surface area contributed by atoms with Gasteiger partial charge in [-0.2, -0.15) is 0 Å². The van der Waals surface area contributed by atoms with Crippen molar-refractivity contribution in [2.24, 2.45) is 7.05 Å². The van der Waals surface area contributed by atoms with Crippen molar-refractivity contribution in [3.8, 4) is 28.1 Å². The van der Waals surface area contributed by atoms with Gasteiger partial charge in [0.25, 0.3) is 0 Å². The quantitative estimate of drug-likeness (QED) is 0.179. The number of fused-ring (bicyclic) bond motifs is 3. The summed E-state index contributed by atoms with van der Waals surface area (Å²) in [5.41, 5.74) is 12.0. The van der Waals surface area contributed by atoms with Crippen LogP contribution in [0.5, 0.6) is 0 Å². The molecule has 0 N–H and O–H groups in total. The van der Waals surface area contributed by atoms with E-state index in [1.807, 2.05) is 6.07 Å². The van der Waals surface area contributed by atoms with Gasteiger partial charge in [0, 0.05) is 34.2 Å². The second-order valence-corrected chi connectivity index (χ2v) is 9.86. The highest BCUT2D eigenvalue weighted by Gasteiger charge is 2.25. The second-order valence-electron chi connectivity index (χ2n) is 9.86. The Hall–Kier alpha value is -4.68. The molecule has 3 nitrogen and oxygen atoms in total. The lowest BCUT2D eigenvalue weighted by Gasteiger charge is -2.15. The van der Waals surface area contributed by atoms with Crippen LogP contribution in [0, 0.1) is 27.3 Å². The van der Waals surface area contributed by atoms with Crippen molar-refractivity contribution in [3.05, 3.63) is 125 Å². The highest BCUT2D eigenvalue weighted by atomic mass is 15.0. The van der Waals surface area contributed by atoms with E-state index in [1.54, 1.807) is 0 Å². The van der Waals surface area contributed by atoms with E-state index in [2.05, 4.69) is 133 Å². The zero-order chi connectivity index (χ0) is 25.7. The monoisotopic (exact) mass is 478 g/mol. The fraction of sp³-hybridized carbons (Fsp3) is 0.118. The molecule has 0 amide bonds. The molecule has 0 aliphatic heterocycles. The molecule has 2 heterocycles. The van der Waals surface area contributed by atoms with Gasteiger partial charge in [-0.1, -0.05) is 72.3 Å². The van der Waals surface area contributed by atoms with Crippen molar-refractivity contribution in [2.45, 2.75) is 20.8 Å². The van der Waals surface area contributed by atoms with E-state index in [4.69, 9.17) is 6.57 Å². The molecule has 0 unspecified atom stereocenters. The number of hydrogen-bond acceptors (Lipinski definition) is 0. The summed E-state index contributed by atoms with van der Waals surface area (Å²) >= 11 is 0. The van der Waals surface area contributed by atoms with Gasteiger partial charge in [-0.15, -0.1) is 0 Å². The maximum Gasteiger partial charge on any atom is 0.214 e. The topological polar surface area (TPSA) is 13.2 Å². The molecule has 0 aliphatic carbocycles. The van der Waals surface area contributed by atoms with Crippen molar-refractivity contribution in [1.29, 1.82) is 0 Å². The summed E-state index contributed by atoms with van der Waals surface area (Å²) in [6.07, 6.45) is 2.13. The van der Waals surface area contributed by atoms with Gasteiger partial charge in [-0.05, 0) is 49.6 Å². The fourth-order valence-corrected chi connectivity index (χ4v) is 5.46. The number of pyridine rings is 1. The van der Waals surface area contributed by atoms with E-state index in [-0.39, 0.29) is 0 Å². The van der Waals surface area contributed by atoms with Crippen LogP contribution in [-0.2, 0) is 7.05 Å². The summed E-state index contributed by atoms with van der Waals surface area (Å²) in [7, 11) is 2.11. The number of rotatable bonds is 3. The normalized spacial score (nSPS) is 11.2. The molecule has 0 aliphatic rings. The second kappa shape index (κ2) is 8.76. The van der Waals surface area contributed by atoms with Crippen LogP contribution >= 0.6 is 0 Å². The molecule has 2 aromatic heterocycles. The molecular weight excluding hydrogens is 450 g/mol. The van der Waals surface area contributed by atoms with Crippen LogP contribution in [0.2, 0.25) is 0 Å². The standard InChI is InChI=1S/C34H28N3/c1-22-11-14-25(15-12-22)32-29(35-4)18-17-28-27-16-13-24(3)31(30-21-23(2)19-20-36(30)5)33(27)37(34(28)32)26-9-7-6-8-10-26/h6-21H,1-3,5H3/q+1. The Morgan fingerprint density at radius 1 is 0.703 bits per heavy atom. The molecule has 3 heteroatoms. The largest absolute Gasteiger partial charge is 0.309 e. The minimum atomic E-state index is 0.663. The average Bonchev–Trinajstić information content (AvgIpc) is 3.25. The first-order valence-corrected chi connectivity index (χ1v) is 12.5. The maximum absolute atomic E-state index is 8.04. The molecule has 0 saturated carbocycles. The zero-order valence-electron chi connectivity index (χ0n) is 21.6. The third-order valence-corrected chi connectivity index (χ3v) is 7.32. The van der Waals surface area contributed by atoms with Crippen molar-refractivity contribution in [2.75, 3.05) is 0 Å². The van der Waals surface area contributed by atoms with Crippen molar-refractivity contribution in [1.82, 2.24) is 4.57 Å². The molecule has 0 bridgehead atoms. The summed E-state index contributed by atoms with van der Waals surface area (Å²) in [5.74, 6) is 0. The number of aryl methyl sites for hydroxylation is 4. The van der Waals surface area contributed by atoms with E-state index in [1.165, 1.54) is 33.3 Å². The number of para-hydroxylation sites is 1. The Balaban J connectivity index is 1.89. The Bertz CT molecular complexity index is 1850. The molecule has 178 valence electrons. The summed E-state index contributed by atoms with van der Waals surface area (Å²) in [6, 6.07) is 32.0. The molecule has 0 fully saturated rings. The van der Waals surface area contributed by atoms with E-state index < -0.39 is 0 Å². The van der Waals surface area contributed by atoms with Crippen LogP contribution in [0.25, 0.3) is 54.7 Å². The lowest BCUT2D eigenvalue weighted by molar-refractivity contribution is -0.660. The molecule has 4 aromatic carbocycles. The third kappa shape index (κ3) is 3.61. The minimum absolute atomic E-state index is 0.663. The van der Waals surface area contributed by atoms with E-state index in [0.29, 0.717) is 5.69 Å². The van der Waals surface area contributed by atoms with Crippen LogP contribution in [-0.4, -0.2) is 4.57 Å². The first kappa shape index (κ1) is 22.8. The summed E-state index contributed by atoms with van der Waals surface area (Å²) in [6.45, 7) is 14.5. The van der Waals surface area contributed by atoms with Gasteiger partial charge in [-0.25, -0.2) is 9.41 Å². The van der Waals surface area contributed by atoms with Gasteiger partial charge in [0.1, 0.15) is 7.05 Å². The average molecular weight is 479 g/mol. The Morgan fingerprint density at radius 2 is 1.38 bits per heavy atom.